The summed E-state index contributed by atoms with van der Waals surface area (Å²) in [5, 5.41) is 9.36. The van der Waals surface area contributed by atoms with Gasteiger partial charge in [0.1, 0.15) is 11.5 Å². The highest BCUT2D eigenvalue weighted by Gasteiger charge is 2.32. The van der Waals surface area contributed by atoms with Gasteiger partial charge in [-0.15, -0.1) is 0 Å². The van der Waals surface area contributed by atoms with Crippen LogP contribution in [0.15, 0.2) is 48.5 Å². The van der Waals surface area contributed by atoms with Crippen molar-refractivity contribution in [3.05, 3.63) is 59.7 Å². The van der Waals surface area contributed by atoms with Crippen LogP contribution in [-0.2, 0) is 4.79 Å². The van der Waals surface area contributed by atoms with Crippen molar-refractivity contribution in [2.24, 2.45) is 0 Å². The largest absolute Gasteiger partial charge is 0.497 e. The number of carbonyl (C=O) groups excluding carboxylic acids is 1. The Balaban J connectivity index is 1.68. The summed E-state index contributed by atoms with van der Waals surface area (Å²) in [6, 6.07) is 14.7. The van der Waals surface area contributed by atoms with E-state index < -0.39 is 11.6 Å². The lowest BCUT2D eigenvalue weighted by Gasteiger charge is -2.33. The van der Waals surface area contributed by atoms with Crippen molar-refractivity contribution in [1.82, 2.24) is 4.90 Å². The zero-order chi connectivity index (χ0) is 21.0. The summed E-state index contributed by atoms with van der Waals surface area (Å²) in [6.45, 7) is 4.38. The second-order valence-corrected chi connectivity index (χ2v) is 7.75. The molecule has 0 bridgehead atoms. The van der Waals surface area contributed by atoms with Gasteiger partial charge in [0.05, 0.1) is 7.11 Å². The molecule has 0 saturated carbocycles. The van der Waals surface area contributed by atoms with Gasteiger partial charge in [-0.25, -0.2) is 4.79 Å². The number of amides is 1. The number of piperidine rings is 1. The predicted molar refractivity (Wildman–Crippen MR) is 110 cm³/mol. The molecule has 0 radical (unpaired) electrons. The van der Waals surface area contributed by atoms with E-state index in [1.165, 1.54) is 0 Å². The lowest BCUT2D eigenvalue weighted by atomic mass is 9.88. The average molecular weight is 397 g/mol. The Bertz CT molecular complexity index is 867. The van der Waals surface area contributed by atoms with Gasteiger partial charge >= 0.3 is 5.97 Å². The van der Waals surface area contributed by atoms with Crippen LogP contribution >= 0.6 is 0 Å². The number of aliphatic carboxylic acids is 1. The van der Waals surface area contributed by atoms with E-state index in [0.29, 0.717) is 24.4 Å². The summed E-state index contributed by atoms with van der Waals surface area (Å²) in [4.78, 5) is 26.1. The first-order valence-corrected chi connectivity index (χ1v) is 9.76. The standard InChI is InChI=1S/C23H27NO5/c1-23(2,22(26)27)29-20-7-5-4-6-19(20)16-12-14-24(15-13-16)21(25)17-8-10-18(28-3)11-9-17/h4-11,16H,12-15H2,1-3H3,(H,26,27). The number of nitrogens with zero attached hydrogens (tertiary/aromatic N) is 1. The lowest BCUT2D eigenvalue weighted by molar-refractivity contribution is -0.152. The third kappa shape index (κ3) is 4.70. The third-order valence-electron chi connectivity index (χ3n) is 5.36. The minimum absolute atomic E-state index is 0.0163. The summed E-state index contributed by atoms with van der Waals surface area (Å²) in [6.07, 6.45) is 1.60. The van der Waals surface area contributed by atoms with Gasteiger partial charge in [0.15, 0.2) is 5.60 Å². The topological polar surface area (TPSA) is 76.1 Å². The maximum Gasteiger partial charge on any atom is 0.347 e. The Hall–Kier alpha value is -3.02. The van der Waals surface area contributed by atoms with Crippen LogP contribution in [-0.4, -0.2) is 47.7 Å². The number of benzene rings is 2. The van der Waals surface area contributed by atoms with Crippen molar-refractivity contribution in [3.63, 3.8) is 0 Å². The number of likely N-dealkylation sites (tertiary alicyclic amines) is 1. The molecule has 0 spiro atoms. The van der Waals surface area contributed by atoms with E-state index in [2.05, 4.69) is 0 Å². The molecule has 1 N–H and O–H groups in total. The van der Waals surface area contributed by atoms with Crippen molar-refractivity contribution in [2.75, 3.05) is 20.2 Å². The monoisotopic (exact) mass is 397 g/mol. The molecule has 0 aromatic heterocycles. The average Bonchev–Trinajstić information content (AvgIpc) is 2.73. The molecule has 1 fully saturated rings. The Labute approximate surface area is 171 Å². The zero-order valence-electron chi connectivity index (χ0n) is 17.1. The summed E-state index contributed by atoms with van der Waals surface area (Å²) in [5.41, 5.74) is 0.343. The maximum absolute atomic E-state index is 12.8. The first kappa shape index (κ1) is 20.7. The molecular weight excluding hydrogens is 370 g/mol. The SMILES string of the molecule is COc1ccc(C(=O)N2CCC(c3ccccc3OC(C)(C)C(=O)O)CC2)cc1. The highest BCUT2D eigenvalue weighted by molar-refractivity contribution is 5.94. The van der Waals surface area contributed by atoms with Crippen molar-refractivity contribution in [3.8, 4) is 11.5 Å². The molecule has 1 saturated heterocycles. The van der Waals surface area contributed by atoms with E-state index in [1.54, 1.807) is 45.2 Å². The number of carboxylic acids is 1. The van der Waals surface area contributed by atoms with Gasteiger partial charge in [0.2, 0.25) is 0 Å². The van der Waals surface area contributed by atoms with Crippen molar-refractivity contribution < 1.29 is 24.2 Å². The van der Waals surface area contributed by atoms with Gasteiger partial charge in [-0.2, -0.15) is 0 Å². The van der Waals surface area contributed by atoms with Gasteiger partial charge in [-0.1, -0.05) is 18.2 Å². The fraction of sp³-hybridized carbons (Fsp3) is 0.391. The normalized spacial score (nSPS) is 15.1. The van der Waals surface area contributed by atoms with Gasteiger partial charge in [-0.05, 0) is 68.5 Å². The molecule has 29 heavy (non-hydrogen) atoms. The van der Waals surface area contributed by atoms with E-state index in [0.717, 1.165) is 24.2 Å². The number of methoxy groups -OCH3 is 1. The van der Waals surface area contributed by atoms with Gasteiger partial charge < -0.3 is 19.5 Å². The van der Waals surface area contributed by atoms with Crippen molar-refractivity contribution in [2.45, 2.75) is 38.2 Å². The number of rotatable bonds is 6. The molecule has 0 aliphatic carbocycles. The molecule has 2 aromatic carbocycles. The molecule has 1 amide bonds. The second-order valence-electron chi connectivity index (χ2n) is 7.75. The molecule has 3 rings (SSSR count). The molecule has 1 aliphatic heterocycles. The maximum atomic E-state index is 12.8. The minimum atomic E-state index is -1.30. The number of hydrogen-bond donors (Lipinski definition) is 1. The van der Waals surface area contributed by atoms with Crippen LogP contribution < -0.4 is 9.47 Å². The van der Waals surface area contributed by atoms with Crippen LogP contribution in [0, 0.1) is 0 Å². The number of para-hydroxylation sites is 1. The first-order chi connectivity index (χ1) is 13.8. The van der Waals surface area contributed by atoms with Gasteiger partial charge in [0.25, 0.3) is 5.91 Å². The fourth-order valence-electron chi connectivity index (χ4n) is 3.54. The Morgan fingerprint density at radius 1 is 1.03 bits per heavy atom. The molecule has 6 nitrogen and oxygen atoms in total. The summed E-state index contributed by atoms with van der Waals surface area (Å²) in [7, 11) is 1.60. The number of ether oxygens (including phenoxy) is 2. The third-order valence-corrected chi connectivity index (χ3v) is 5.36. The molecule has 2 aromatic rings. The van der Waals surface area contributed by atoms with Crippen molar-refractivity contribution >= 4 is 11.9 Å². The lowest BCUT2D eigenvalue weighted by Crippen LogP contribution is -2.39. The quantitative estimate of drug-likeness (QED) is 0.799. The smallest absolute Gasteiger partial charge is 0.347 e. The first-order valence-electron chi connectivity index (χ1n) is 9.76. The van der Waals surface area contributed by atoms with E-state index >= 15 is 0 Å². The molecule has 154 valence electrons. The highest BCUT2D eigenvalue weighted by Crippen LogP contribution is 2.36. The molecule has 6 heteroatoms. The van der Waals surface area contributed by atoms with Gasteiger partial charge in [0, 0.05) is 18.7 Å². The van der Waals surface area contributed by atoms with Crippen LogP contribution in [0.2, 0.25) is 0 Å². The fourth-order valence-corrected chi connectivity index (χ4v) is 3.54. The van der Waals surface area contributed by atoms with Crippen LogP contribution in [0.3, 0.4) is 0 Å². The Morgan fingerprint density at radius 3 is 2.24 bits per heavy atom. The van der Waals surface area contributed by atoms with E-state index in [1.807, 2.05) is 29.2 Å². The summed E-state index contributed by atoms with van der Waals surface area (Å²) in [5.74, 6) is 0.548. The van der Waals surface area contributed by atoms with E-state index in [-0.39, 0.29) is 11.8 Å². The molecule has 1 heterocycles. The minimum Gasteiger partial charge on any atom is -0.497 e. The Kier molecular flexibility index (Phi) is 6.11. The molecular formula is C23H27NO5. The number of carbonyl (C=O) groups is 2. The van der Waals surface area contributed by atoms with Crippen molar-refractivity contribution in [1.29, 1.82) is 0 Å². The summed E-state index contributed by atoms with van der Waals surface area (Å²) < 4.78 is 11.0. The van der Waals surface area contributed by atoms with Gasteiger partial charge in [-0.3, -0.25) is 4.79 Å². The number of hydrogen-bond acceptors (Lipinski definition) is 4. The summed E-state index contributed by atoms with van der Waals surface area (Å²) >= 11 is 0. The predicted octanol–water partition coefficient (Wildman–Crippen LogP) is 3.96. The van der Waals surface area contributed by atoms with E-state index in [4.69, 9.17) is 9.47 Å². The van der Waals surface area contributed by atoms with Crippen LogP contribution in [0.25, 0.3) is 0 Å². The molecule has 0 unspecified atom stereocenters. The zero-order valence-corrected chi connectivity index (χ0v) is 17.1. The molecule has 1 aliphatic rings. The Morgan fingerprint density at radius 2 is 1.66 bits per heavy atom. The number of carboxylic acid groups (broad SMARTS) is 1. The highest BCUT2D eigenvalue weighted by atomic mass is 16.5. The van der Waals surface area contributed by atoms with Crippen LogP contribution in [0.5, 0.6) is 11.5 Å². The molecule has 0 atom stereocenters. The second kappa shape index (κ2) is 8.55. The van der Waals surface area contributed by atoms with Crippen LogP contribution in [0.4, 0.5) is 0 Å². The van der Waals surface area contributed by atoms with Crippen LogP contribution in [0.1, 0.15) is 48.5 Å². The van der Waals surface area contributed by atoms with E-state index in [9.17, 15) is 14.7 Å².